The Hall–Kier alpha value is -1.04. The maximum Gasteiger partial charge on any atom is -0.0228 e. The van der Waals surface area contributed by atoms with Gasteiger partial charge in [-0.25, -0.2) is 0 Å². The fourth-order valence-electron chi connectivity index (χ4n) is 1.20. The van der Waals surface area contributed by atoms with E-state index in [0.29, 0.717) is 0 Å². The molecule has 58 valence electrons. The molecule has 0 heterocycles. The van der Waals surface area contributed by atoms with Crippen LogP contribution in [0.2, 0.25) is 0 Å². The van der Waals surface area contributed by atoms with Gasteiger partial charge in [0.1, 0.15) is 0 Å². The summed E-state index contributed by atoms with van der Waals surface area (Å²) < 4.78 is 0. The zero-order valence-corrected chi connectivity index (χ0v) is 7.17. The van der Waals surface area contributed by atoms with Crippen LogP contribution in [0.3, 0.4) is 0 Å². The minimum Gasteiger partial charge on any atom is -0.0871 e. The second-order valence-corrected chi connectivity index (χ2v) is 2.55. The van der Waals surface area contributed by atoms with Gasteiger partial charge in [0, 0.05) is 0 Å². The van der Waals surface area contributed by atoms with Gasteiger partial charge in [-0.1, -0.05) is 43.3 Å². The average molecular weight is 146 g/mol. The van der Waals surface area contributed by atoms with Gasteiger partial charge in [-0.15, -0.1) is 0 Å². The van der Waals surface area contributed by atoms with Gasteiger partial charge in [0.25, 0.3) is 0 Å². The van der Waals surface area contributed by atoms with Crippen LogP contribution in [0.5, 0.6) is 0 Å². The van der Waals surface area contributed by atoms with E-state index in [2.05, 4.69) is 43.3 Å². The van der Waals surface area contributed by atoms with Gasteiger partial charge in [-0.05, 0) is 24.5 Å². The molecule has 0 saturated heterocycles. The van der Waals surface area contributed by atoms with Crippen molar-refractivity contribution in [1.29, 1.82) is 0 Å². The molecule has 0 unspecified atom stereocenters. The van der Waals surface area contributed by atoms with E-state index in [1.807, 2.05) is 6.92 Å². The molecule has 0 aliphatic heterocycles. The van der Waals surface area contributed by atoms with E-state index >= 15 is 0 Å². The lowest BCUT2D eigenvalue weighted by Crippen LogP contribution is -1.83. The summed E-state index contributed by atoms with van der Waals surface area (Å²) in [6.07, 6.45) is 5.34. The molecule has 11 heavy (non-hydrogen) atoms. The third-order valence-corrected chi connectivity index (χ3v) is 1.78. The first-order chi connectivity index (χ1) is 5.38. The molecule has 0 N–H and O–H groups in total. The standard InChI is InChI=1S/C11H14/c1-3-7-11-9-6-5-8-10(11)4-2/h3,5-9H,4H2,1-2H3/b7-3-. The monoisotopic (exact) mass is 146 g/mol. The van der Waals surface area contributed by atoms with E-state index in [1.165, 1.54) is 11.1 Å². The van der Waals surface area contributed by atoms with Crippen molar-refractivity contribution in [3.05, 3.63) is 41.5 Å². The molecular formula is C11H14. The van der Waals surface area contributed by atoms with Crippen LogP contribution in [0.15, 0.2) is 30.3 Å². The summed E-state index contributed by atoms with van der Waals surface area (Å²) in [5, 5.41) is 0. The highest BCUT2D eigenvalue weighted by atomic mass is 14.0. The molecule has 0 spiro atoms. The van der Waals surface area contributed by atoms with Gasteiger partial charge in [0.05, 0.1) is 0 Å². The van der Waals surface area contributed by atoms with Crippen molar-refractivity contribution in [2.75, 3.05) is 0 Å². The van der Waals surface area contributed by atoms with Gasteiger partial charge in [0.2, 0.25) is 0 Å². The number of rotatable bonds is 2. The maximum atomic E-state index is 2.18. The number of allylic oxidation sites excluding steroid dienone is 1. The molecule has 0 radical (unpaired) electrons. The molecule has 0 aromatic heterocycles. The Balaban J connectivity index is 3.02. The summed E-state index contributed by atoms with van der Waals surface area (Å²) in [7, 11) is 0. The average Bonchev–Trinajstić information content (AvgIpc) is 2.06. The van der Waals surface area contributed by atoms with Crippen molar-refractivity contribution >= 4 is 6.08 Å². The minimum absolute atomic E-state index is 1.11. The van der Waals surface area contributed by atoms with E-state index in [4.69, 9.17) is 0 Å². The zero-order valence-electron chi connectivity index (χ0n) is 7.17. The first-order valence-corrected chi connectivity index (χ1v) is 4.09. The molecule has 0 heteroatoms. The second kappa shape index (κ2) is 3.97. The van der Waals surface area contributed by atoms with Gasteiger partial charge < -0.3 is 0 Å². The van der Waals surface area contributed by atoms with Crippen molar-refractivity contribution < 1.29 is 0 Å². The van der Waals surface area contributed by atoms with Crippen LogP contribution in [-0.2, 0) is 6.42 Å². The number of benzene rings is 1. The summed E-state index contributed by atoms with van der Waals surface area (Å²) in [6, 6.07) is 8.49. The first kappa shape index (κ1) is 8.06. The summed E-state index contributed by atoms with van der Waals surface area (Å²) in [5.74, 6) is 0. The molecule has 0 aliphatic carbocycles. The zero-order chi connectivity index (χ0) is 8.10. The highest BCUT2D eigenvalue weighted by Gasteiger charge is 1.92. The molecular weight excluding hydrogens is 132 g/mol. The van der Waals surface area contributed by atoms with Crippen molar-refractivity contribution in [1.82, 2.24) is 0 Å². The molecule has 1 rings (SSSR count). The Labute approximate surface area is 68.6 Å². The Morgan fingerprint density at radius 2 is 2.00 bits per heavy atom. The number of hydrogen-bond acceptors (Lipinski definition) is 0. The van der Waals surface area contributed by atoms with Gasteiger partial charge in [-0.3, -0.25) is 0 Å². The smallest absolute Gasteiger partial charge is 0.0228 e. The predicted octanol–water partition coefficient (Wildman–Crippen LogP) is 3.28. The van der Waals surface area contributed by atoms with E-state index in [9.17, 15) is 0 Å². The second-order valence-electron chi connectivity index (χ2n) is 2.55. The van der Waals surface area contributed by atoms with Crippen molar-refractivity contribution in [2.24, 2.45) is 0 Å². The lowest BCUT2D eigenvalue weighted by molar-refractivity contribution is 1.13. The highest BCUT2D eigenvalue weighted by molar-refractivity contribution is 5.53. The van der Waals surface area contributed by atoms with E-state index in [0.717, 1.165) is 6.42 Å². The summed E-state index contributed by atoms with van der Waals surface area (Å²) in [5.41, 5.74) is 2.77. The third kappa shape index (κ3) is 1.94. The fraction of sp³-hybridized carbons (Fsp3) is 0.273. The summed E-state index contributed by atoms with van der Waals surface area (Å²) >= 11 is 0. The minimum atomic E-state index is 1.11. The van der Waals surface area contributed by atoms with Crippen LogP contribution in [0.25, 0.3) is 6.08 Å². The third-order valence-electron chi connectivity index (χ3n) is 1.78. The quantitative estimate of drug-likeness (QED) is 0.600. The molecule has 0 aliphatic rings. The molecule has 0 amide bonds. The Morgan fingerprint density at radius 1 is 1.27 bits per heavy atom. The molecule has 0 atom stereocenters. The van der Waals surface area contributed by atoms with Gasteiger partial charge >= 0.3 is 0 Å². The Kier molecular flexibility index (Phi) is 2.91. The molecule has 0 fully saturated rings. The molecule has 1 aromatic carbocycles. The lowest BCUT2D eigenvalue weighted by atomic mass is 10.1. The summed E-state index contributed by atoms with van der Waals surface area (Å²) in [4.78, 5) is 0. The van der Waals surface area contributed by atoms with Crippen LogP contribution in [0.4, 0.5) is 0 Å². The normalized spacial score (nSPS) is 10.7. The highest BCUT2D eigenvalue weighted by Crippen LogP contribution is 2.10. The van der Waals surface area contributed by atoms with Crippen LogP contribution >= 0.6 is 0 Å². The Bertz CT molecular complexity index is 246. The maximum absolute atomic E-state index is 2.18. The van der Waals surface area contributed by atoms with Gasteiger partial charge in [-0.2, -0.15) is 0 Å². The molecule has 0 saturated carbocycles. The summed E-state index contributed by atoms with van der Waals surface area (Å²) in [6.45, 7) is 4.23. The van der Waals surface area contributed by atoms with Crippen LogP contribution in [-0.4, -0.2) is 0 Å². The van der Waals surface area contributed by atoms with Gasteiger partial charge in [0.15, 0.2) is 0 Å². The van der Waals surface area contributed by atoms with Crippen LogP contribution in [0.1, 0.15) is 25.0 Å². The van der Waals surface area contributed by atoms with Crippen molar-refractivity contribution in [3.63, 3.8) is 0 Å². The molecule has 0 nitrogen and oxygen atoms in total. The van der Waals surface area contributed by atoms with Crippen LogP contribution < -0.4 is 0 Å². The van der Waals surface area contributed by atoms with E-state index < -0.39 is 0 Å². The predicted molar refractivity (Wildman–Crippen MR) is 50.5 cm³/mol. The van der Waals surface area contributed by atoms with Crippen LogP contribution in [0, 0.1) is 0 Å². The first-order valence-electron chi connectivity index (χ1n) is 4.09. The SMILES string of the molecule is C/C=C\c1ccccc1CC. The molecule has 1 aromatic rings. The van der Waals surface area contributed by atoms with E-state index in [-0.39, 0.29) is 0 Å². The number of hydrogen-bond donors (Lipinski definition) is 0. The van der Waals surface area contributed by atoms with Crippen molar-refractivity contribution in [2.45, 2.75) is 20.3 Å². The van der Waals surface area contributed by atoms with E-state index in [1.54, 1.807) is 0 Å². The molecule has 0 bridgehead atoms. The number of aryl methyl sites for hydroxylation is 1. The topological polar surface area (TPSA) is 0 Å². The fourth-order valence-corrected chi connectivity index (χ4v) is 1.20. The van der Waals surface area contributed by atoms with Crippen molar-refractivity contribution in [3.8, 4) is 0 Å². The largest absolute Gasteiger partial charge is 0.0871 e. The Morgan fingerprint density at radius 3 is 2.64 bits per heavy atom. The lowest BCUT2D eigenvalue weighted by Gasteiger charge is -2.00.